The normalized spacial score (nSPS) is 12.2. The van der Waals surface area contributed by atoms with Gasteiger partial charge in [-0.1, -0.05) is 11.8 Å². The van der Waals surface area contributed by atoms with E-state index < -0.39 is 12.1 Å². The van der Waals surface area contributed by atoms with Gasteiger partial charge in [0.05, 0.1) is 6.10 Å². The lowest BCUT2D eigenvalue weighted by Gasteiger charge is -2.10. The zero-order chi connectivity index (χ0) is 12.1. The molecule has 88 valence electrons. The van der Waals surface area contributed by atoms with Gasteiger partial charge in [0, 0.05) is 12.7 Å². The number of aliphatic hydroxyl groups is 1. The van der Waals surface area contributed by atoms with Gasteiger partial charge in [0.2, 0.25) is 0 Å². The maximum Gasteiger partial charge on any atom is 0.341 e. The summed E-state index contributed by atoms with van der Waals surface area (Å²) >= 11 is 1.32. The van der Waals surface area contributed by atoms with Crippen LogP contribution in [0.3, 0.4) is 0 Å². The first-order valence-corrected chi connectivity index (χ1v) is 5.83. The summed E-state index contributed by atoms with van der Waals surface area (Å²) in [5.74, 6) is -0.867. The Morgan fingerprint density at radius 2 is 2.38 bits per heavy atom. The van der Waals surface area contributed by atoms with Crippen LogP contribution in [0.1, 0.15) is 17.3 Å². The smallest absolute Gasteiger partial charge is 0.341 e. The molecule has 0 aromatic carbocycles. The Hall–Kier alpha value is -1.34. The molecule has 0 saturated heterocycles. The second-order valence-corrected chi connectivity index (χ2v) is 3.93. The van der Waals surface area contributed by atoms with E-state index in [2.05, 4.69) is 15.3 Å². The second-order valence-electron chi connectivity index (χ2n) is 3.15. The molecule has 0 saturated carbocycles. The molecule has 3 N–H and O–H groups in total. The molecule has 0 fully saturated rings. The summed E-state index contributed by atoms with van der Waals surface area (Å²) < 4.78 is 0. The number of aromatic carboxylic acids is 1. The van der Waals surface area contributed by atoms with Gasteiger partial charge < -0.3 is 15.5 Å². The van der Waals surface area contributed by atoms with Crippen molar-refractivity contribution in [2.45, 2.75) is 18.2 Å². The summed E-state index contributed by atoms with van der Waals surface area (Å²) in [6, 6.07) is 0. The molecule has 0 unspecified atom stereocenters. The lowest BCUT2D eigenvalue weighted by atomic mass is 10.3. The fourth-order valence-electron chi connectivity index (χ4n) is 1.000. The number of carboxylic acid groups (broad SMARTS) is 1. The number of nitrogens with zero attached hydrogens (tertiary/aromatic N) is 2. The second kappa shape index (κ2) is 5.66. The third kappa shape index (κ3) is 3.35. The molecule has 6 nitrogen and oxygen atoms in total. The lowest BCUT2D eigenvalue weighted by molar-refractivity contribution is 0.0696. The van der Waals surface area contributed by atoms with Crippen LogP contribution in [-0.2, 0) is 0 Å². The standard InChI is InChI=1S/C9H13N3O3S/c1-5(13)3-10-7-6(8(14)15)4-11-9(12-7)16-2/h4-5,13H,3H2,1-2H3,(H,14,15)(H,10,11,12)/t5-/m0/s1. The first-order valence-electron chi connectivity index (χ1n) is 4.61. The Labute approximate surface area is 97.1 Å². The Morgan fingerprint density at radius 1 is 1.69 bits per heavy atom. The zero-order valence-corrected chi connectivity index (χ0v) is 9.78. The summed E-state index contributed by atoms with van der Waals surface area (Å²) in [5.41, 5.74) is -0.00144. The van der Waals surface area contributed by atoms with Crippen molar-refractivity contribution in [2.24, 2.45) is 0 Å². The lowest BCUT2D eigenvalue weighted by Crippen LogP contribution is -2.18. The van der Waals surface area contributed by atoms with Crippen LogP contribution in [0.25, 0.3) is 0 Å². The third-order valence-corrected chi connectivity index (χ3v) is 2.31. The van der Waals surface area contributed by atoms with E-state index in [0.717, 1.165) is 0 Å². The van der Waals surface area contributed by atoms with Gasteiger partial charge in [-0.2, -0.15) is 0 Å². The minimum Gasteiger partial charge on any atom is -0.477 e. The minimum atomic E-state index is -1.10. The molecule has 0 aliphatic heterocycles. The molecule has 0 amide bonds. The Balaban J connectivity index is 2.96. The largest absolute Gasteiger partial charge is 0.477 e. The molecule has 1 aromatic rings. The van der Waals surface area contributed by atoms with Gasteiger partial charge in [-0.05, 0) is 13.2 Å². The highest BCUT2D eigenvalue weighted by Gasteiger charge is 2.13. The number of aliphatic hydroxyl groups excluding tert-OH is 1. The quantitative estimate of drug-likeness (QED) is 0.517. The first-order chi connectivity index (χ1) is 7.54. The predicted molar refractivity (Wildman–Crippen MR) is 60.9 cm³/mol. The highest BCUT2D eigenvalue weighted by atomic mass is 32.2. The van der Waals surface area contributed by atoms with Crippen molar-refractivity contribution >= 4 is 23.5 Å². The molecule has 16 heavy (non-hydrogen) atoms. The first kappa shape index (κ1) is 12.7. The molecule has 1 rings (SSSR count). The van der Waals surface area contributed by atoms with Crippen LogP contribution in [0, 0.1) is 0 Å². The van der Waals surface area contributed by atoms with E-state index in [0.29, 0.717) is 5.16 Å². The fourth-order valence-corrected chi connectivity index (χ4v) is 1.34. The molecule has 0 bridgehead atoms. The number of rotatable bonds is 5. The maximum atomic E-state index is 10.9. The molecule has 0 aliphatic rings. The van der Waals surface area contributed by atoms with Crippen molar-refractivity contribution in [3.63, 3.8) is 0 Å². The van der Waals surface area contributed by atoms with Crippen LogP contribution in [-0.4, -0.2) is 45.1 Å². The number of nitrogens with one attached hydrogen (secondary N) is 1. The highest BCUT2D eigenvalue weighted by Crippen LogP contribution is 2.16. The van der Waals surface area contributed by atoms with Gasteiger partial charge in [-0.15, -0.1) is 0 Å². The number of hydrogen-bond acceptors (Lipinski definition) is 6. The molecular weight excluding hydrogens is 230 g/mol. The fraction of sp³-hybridized carbons (Fsp3) is 0.444. The summed E-state index contributed by atoms with van der Waals surface area (Å²) in [5, 5.41) is 21.3. The minimum absolute atomic E-state index is 0.00144. The molecule has 0 spiro atoms. The topological polar surface area (TPSA) is 95.3 Å². The average molecular weight is 243 g/mol. The van der Waals surface area contributed by atoms with Crippen molar-refractivity contribution in [1.29, 1.82) is 0 Å². The van der Waals surface area contributed by atoms with E-state index >= 15 is 0 Å². The molecule has 1 aromatic heterocycles. The molecule has 1 atom stereocenters. The van der Waals surface area contributed by atoms with E-state index in [1.54, 1.807) is 13.2 Å². The summed E-state index contributed by atoms with van der Waals surface area (Å²) in [7, 11) is 0. The van der Waals surface area contributed by atoms with Crippen molar-refractivity contribution in [3.8, 4) is 0 Å². The van der Waals surface area contributed by atoms with E-state index in [1.807, 2.05) is 0 Å². The van der Waals surface area contributed by atoms with E-state index in [-0.39, 0.29) is 17.9 Å². The van der Waals surface area contributed by atoms with Gasteiger partial charge in [-0.3, -0.25) is 0 Å². The molecule has 7 heteroatoms. The number of hydrogen-bond donors (Lipinski definition) is 3. The maximum absolute atomic E-state index is 10.9. The molecule has 1 heterocycles. The van der Waals surface area contributed by atoms with Crippen LogP contribution in [0.2, 0.25) is 0 Å². The van der Waals surface area contributed by atoms with Gasteiger partial charge in [0.25, 0.3) is 0 Å². The number of anilines is 1. The Bertz CT molecular complexity index is 384. The van der Waals surface area contributed by atoms with Crippen molar-refractivity contribution in [3.05, 3.63) is 11.8 Å². The van der Waals surface area contributed by atoms with Crippen LogP contribution in [0.4, 0.5) is 5.82 Å². The number of thioether (sulfide) groups is 1. The molecular formula is C9H13N3O3S. The van der Waals surface area contributed by atoms with Crippen molar-refractivity contribution < 1.29 is 15.0 Å². The van der Waals surface area contributed by atoms with Crippen LogP contribution < -0.4 is 5.32 Å². The number of carboxylic acids is 1. The van der Waals surface area contributed by atoms with Crippen molar-refractivity contribution in [2.75, 3.05) is 18.1 Å². The van der Waals surface area contributed by atoms with Gasteiger partial charge >= 0.3 is 5.97 Å². The number of carbonyl (C=O) groups is 1. The van der Waals surface area contributed by atoms with Gasteiger partial charge in [0.15, 0.2) is 5.16 Å². The monoisotopic (exact) mass is 243 g/mol. The average Bonchev–Trinajstić information content (AvgIpc) is 2.25. The van der Waals surface area contributed by atoms with E-state index in [1.165, 1.54) is 18.0 Å². The Morgan fingerprint density at radius 3 is 2.88 bits per heavy atom. The zero-order valence-electron chi connectivity index (χ0n) is 8.97. The number of aromatic nitrogens is 2. The van der Waals surface area contributed by atoms with Gasteiger partial charge in [-0.25, -0.2) is 14.8 Å². The van der Waals surface area contributed by atoms with Crippen LogP contribution >= 0.6 is 11.8 Å². The SMILES string of the molecule is CSc1ncc(C(=O)O)c(NC[C@H](C)O)n1. The Kier molecular flexibility index (Phi) is 4.51. The summed E-state index contributed by atoms with van der Waals surface area (Å²) in [6.07, 6.45) is 2.48. The van der Waals surface area contributed by atoms with Crippen LogP contribution in [0.15, 0.2) is 11.4 Å². The summed E-state index contributed by atoms with van der Waals surface area (Å²) in [6.45, 7) is 1.84. The summed E-state index contributed by atoms with van der Waals surface area (Å²) in [4.78, 5) is 18.8. The molecule has 0 aliphatic carbocycles. The molecule has 0 radical (unpaired) electrons. The van der Waals surface area contributed by atoms with Crippen molar-refractivity contribution in [1.82, 2.24) is 9.97 Å². The van der Waals surface area contributed by atoms with Crippen LogP contribution in [0.5, 0.6) is 0 Å². The predicted octanol–water partition coefficient (Wildman–Crippen LogP) is 0.689. The van der Waals surface area contributed by atoms with E-state index in [9.17, 15) is 4.79 Å². The van der Waals surface area contributed by atoms with Gasteiger partial charge in [0.1, 0.15) is 11.4 Å². The highest BCUT2D eigenvalue weighted by molar-refractivity contribution is 7.98. The van der Waals surface area contributed by atoms with E-state index in [4.69, 9.17) is 10.2 Å². The third-order valence-electron chi connectivity index (χ3n) is 1.74.